The lowest BCUT2D eigenvalue weighted by molar-refractivity contribution is -0.136. The van der Waals surface area contributed by atoms with Crippen LogP contribution in [0.15, 0.2) is 57.7 Å². The third-order valence-electron chi connectivity index (χ3n) is 4.48. The maximum atomic E-state index is 12.3. The fraction of sp³-hybridized carbons (Fsp3) is 0.292. The number of carbonyl (C=O) groups excluding carboxylic acids is 2. The van der Waals surface area contributed by atoms with E-state index >= 15 is 0 Å². The molecular formula is C24H24O7. The van der Waals surface area contributed by atoms with Crippen LogP contribution in [0.2, 0.25) is 0 Å². The van der Waals surface area contributed by atoms with E-state index in [1.165, 1.54) is 18.2 Å². The summed E-state index contributed by atoms with van der Waals surface area (Å²) < 4.78 is 21.0. The van der Waals surface area contributed by atoms with E-state index in [2.05, 4.69) is 20.8 Å². The lowest BCUT2D eigenvalue weighted by Crippen LogP contribution is -2.20. The van der Waals surface area contributed by atoms with Crippen LogP contribution in [-0.2, 0) is 14.9 Å². The average molecular weight is 424 g/mol. The molecule has 31 heavy (non-hydrogen) atoms. The monoisotopic (exact) mass is 424 g/mol. The van der Waals surface area contributed by atoms with Crippen LogP contribution >= 0.6 is 0 Å². The second-order valence-electron chi connectivity index (χ2n) is 7.88. The first-order valence-corrected chi connectivity index (χ1v) is 9.87. The molecule has 0 atom stereocenters. The van der Waals surface area contributed by atoms with E-state index in [9.17, 15) is 14.4 Å². The second kappa shape index (κ2) is 9.04. The van der Waals surface area contributed by atoms with Gasteiger partial charge in [-0.1, -0.05) is 39.0 Å². The van der Waals surface area contributed by atoms with Crippen molar-refractivity contribution in [2.24, 2.45) is 0 Å². The van der Waals surface area contributed by atoms with Gasteiger partial charge in [-0.15, -0.1) is 0 Å². The van der Waals surface area contributed by atoms with Gasteiger partial charge in [0.05, 0.1) is 6.61 Å². The SMILES string of the molecule is CCOC(=O)c1cc2ccc(OC(=O)COc3ccccc3C(C)(C)C)cc2oc1=O. The van der Waals surface area contributed by atoms with Crippen molar-refractivity contribution in [2.75, 3.05) is 13.2 Å². The van der Waals surface area contributed by atoms with Gasteiger partial charge in [0, 0.05) is 11.5 Å². The van der Waals surface area contributed by atoms with Gasteiger partial charge in [0.1, 0.15) is 22.6 Å². The van der Waals surface area contributed by atoms with Gasteiger partial charge in [0.15, 0.2) is 6.61 Å². The Labute approximate surface area is 179 Å². The standard InChI is InChI=1S/C24H24O7/c1-5-28-22(26)17-12-15-10-11-16(13-20(15)31-23(17)27)30-21(25)14-29-19-9-7-6-8-18(19)24(2,3)4/h6-13H,5,14H2,1-4H3. The Morgan fingerprint density at radius 1 is 1.03 bits per heavy atom. The molecule has 7 nitrogen and oxygen atoms in total. The molecule has 1 heterocycles. The van der Waals surface area contributed by atoms with Crippen LogP contribution in [0.1, 0.15) is 43.6 Å². The van der Waals surface area contributed by atoms with Gasteiger partial charge in [-0.2, -0.15) is 0 Å². The Morgan fingerprint density at radius 2 is 1.77 bits per heavy atom. The van der Waals surface area contributed by atoms with E-state index in [1.54, 1.807) is 19.1 Å². The molecule has 2 aromatic carbocycles. The Bertz CT molecular complexity index is 1170. The van der Waals surface area contributed by atoms with Gasteiger partial charge in [0.2, 0.25) is 0 Å². The molecule has 162 valence electrons. The molecule has 0 aliphatic carbocycles. The number of rotatable bonds is 6. The minimum atomic E-state index is -0.823. The number of benzene rings is 2. The van der Waals surface area contributed by atoms with E-state index in [1.807, 2.05) is 18.2 Å². The van der Waals surface area contributed by atoms with Crippen LogP contribution in [0.5, 0.6) is 11.5 Å². The first-order chi connectivity index (χ1) is 14.7. The molecule has 0 unspecified atom stereocenters. The van der Waals surface area contributed by atoms with Gasteiger partial charge in [0.25, 0.3) is 0 Å². The Hall–Kier alpha value is -3.61. The van der Waals surface area contributed by atoms with E-state index in [0.29, 0.717) is 11.1 Å². The zero-order valence-corrected chi connectivity index (χ0v) is 17.9. The number of para-hydroxylation sites is 1. The smallest absolute Gasteiger partial charge is 0.351 e. The first-order valence-electron chi connectivity index (χ1n) is 9.87. The lowest BCUT2D eigenvalue weighted by Gasteiger charge is -2.22. The van der Waals surface area contributed by atoms with Crippen LogP contribution in [0, 0.1) is 0 Å². The Balaban J connectivity index is 1.72. The van der Waals surface area contributed by atoms with Crippen LogP contribution in [0.4, 0.5) is 0 Å². The summed E-state index contributed by atoms with van der Waals surface area (Å²) in [6, 6.07) is 13.4. The molecule has 0 aliphatic heterocycles. The molecule has 0 fully saturated rings. The number of hydrogen-bond donors (Lipinski definition) is 0. The van der Waals surface area contributed by atoms with Crippen LogP contribution in [0.3, 0.4) is 0 Å². The van der Waals surface area contributed by atoms with Gasteiger partial charge >= 0.3 is 17.6 Å². The number of esters is 2. The fourth-order valence-electron chi connectivity index (χ4n) is 3.02. The third-order valence-corrected chi connectivity index (χ3v) is 4.48. The van der Waals surface area contributed by atoms with E-state index in [-0.39, 0.29) is 35.5 Å². The number of fused-ring (bicyclic) bond motifs is 1. The van der Waals surface area contributed by atoms with Gasteiger partial charge in [-0.3, -0.25) is 0 Å². The second-order valence-corrected chi connectivity index (χ2v) is 7.88. The van der Waals surface area contributed by atoms with Crippen molar-refractivity contribution in [2.45, 2.75) is 33.1 Å². The van der Waals surface area contributed by atoms with Gasteiger partial charge < -0.3 is 18.6 Å². The normalized spacial score (nSPS) is 11.2. The van der Waals surface area contributed by atoms with E-state index < -0.39 is 17.6 Å². The van der Waals surface area contributed by atoms with Crippen molar-refractivity contribution >= 4 is 22.9 Å². The minimum absolute atomic E-state index is 0.140. The largest absolute Gasteiger partial charge is 0.482 e. The van der Waals surface area contributed by atoms with Crippen molar-refractivity contribution in [3.8, 4) is 11.5 Å². The predicted molar refractivity (Wildman–Crippen MR) is 115 cm³/mol. The minimum Gasteiger partial charge on any atom is -0.482 e. The summed E-state index contributed by atoms with van der Waals surface area (Å²) in [5.41, 5.74) is 0.00953. The summed E-state index contributed by atoms with van der Waals surface area (Å²) in [6.07, 6.45) is 0. The van der Waals surface area contributed by atoms with Gasteiger partial charge in [-0.25, -0.2) is 14.4 Å². The highest BCUT2D eigenvalue weighted by Gasteiger charge is 2.19. The highest BCUT2D eigenvalue weighted by atomic mass is 16.6. The molecular weight excluding hydrogens is 400 g/mol. The van der Waals surface area contributed by atoms with Crippen LogP contribution < -0.4 is 15.1 Å². The maximum Gasteiger partial charge on any atom is 0.351 e. The van der Waals surface area contributed by atoms with Crippen molar-refractivity contribution in [1.82, 2.24) is 0 Å². The molecule has 0 amide bonds. The zero-order chi connectivity index (χ0) is 22.6. The maximum absolute atomic E-state index is 12.3. The summed E-state index contributed by atoms with van der Waals surface area (Å²) in [5.74, 6) is -0.546. The molecule has 7 heteroatoms. The van der Waals surface area contributed by atoms with E-state index in [0.717, 1.165) is 5.56 Å². The molecule has 0 saturated carbocycles. The molecule has 0 N–H and O–H groups in total. The first kappa shape index (κ1) is 22.1. The molecule has 0 spiro atoms. The lowest BCUT2D eigenvalue weighted by atomic mass is 9.86. The predicted octanol–water partition coefficient (Wildman–Crippen LogP) is 4.25. The molecule has 3 aromatic rings. The highest BCUT2D eigenvalue weighted by Crippen LogP contribution is 2.31. The number of hydrogen-bond acceptors (Lipinski definition) is 7. The summed E-state index contributed by atoms with van der Waals surface area (Å²) in [4.78, 5) is 36.2. The Kier molecular flexibility index (Phi) is 6.44. The number of carbonyl (C=O) groups is 2. The van der Waals surface area contributed by atoms with Crippen molar-refractivity contribution < 1.29 is 28.2 Å². The summed E-state index contributed by atoms with van der Waals surface area (Å²) in [6.45, 7) is 7.69. The highest BCUT2D eigenvalue weighted by molar-refractivity contribution is 5.93. The molecule has 1 aromatic heterocycles. The van der Waals surface area contributed by atoms with Crippen LogP contribution in [-0.4, -0.2) is 25.2 Å². The molecule has 0 saturated heterocycles. The Morgan fingerprint density at radius 3 is 2.48 bits per heavy atom. The molecule has 3 rings (SSSR count). The summed E-state index contributed by atoms with van der Waals surface area (Å²) in [7, 11) is 0. The summed E-state index contributed by atoms with van der Waals surface area (Å²) in [5, 5.41) is 0.498. The number of ether oxygens (including phenoxy) is 3. The zero-order valence-electron chi connectivity index (χ0n) is 17.9. The van der Waals surface area contributed by atoms with Crippen molar-refractivity contribution in [1.29, 1.82) is 0 Å². The third kappa shape index (κ3) is 5.31. The van der Waals surface area contributed by atoms with Gasteiger partial charge in [-0.05, 0) is 42.2 Å². The van der Waals surface area contributed by atoms with Crippen molar-refractivity contribution in [3.05, 3.63) is 70.1 Å². The topological polar surface area (TPSA) is 92.0 Å². The molecule has 0 aliphatic rings. The van der Waals surface area contributed by atoms with E-state index in [4.69, 9.17) is 18.6 Å². The van der Waals surface area contributed by atoms with Crippen LogP contribution in [0.25, 0.3) is 11.0 Å². The molecule has 0 radical (unpaired) electrons. The molecule has 0 bridgehead atoms. The fourth-order valence-corrected chi connectivity index (χ4v) is 3.02. The average Bonchev–Trinajstić information content (AvgIpc) is 2.71. The van der Waals surface area contributed by atoms with Crippen molar-refractivity contribution in [3.63, 3.8) is 0 Å². The summed E-state index contributed by atoms with van der Waals surface area (Å²) >= 11 is 0. The quantitative estimate of drug-likeness (QED) is 0.332.